The van der Waals surface area contributed by atoms with Crippen LogP contribution in [0.1, 0.15) is 27.6 Å². The number of halogens is 1. The Morgan fingerprint density at radius 3 is 2.81 bits per heavy atom. The van der Waals surface area contributed by atoms with E-state index in [9.17, 15) is 9.59 Å². The van der Waals surface area contributed by atoms with E-state index in [2.05, 4.69) is 21.2 Å². The summed E-state index contributed by atoms with van der Waals surface area (Å²) in [4.78, 5) is 24.0. The van der Waals surface area contributed by atoms with Crippen molar-refractivity contribution in [1.82, 2.24) is 0 Å². The molecule has 21 heavy (non-hydrogen) atoms. The highest BCUT2D eigenvalue weighted by Crippen LogP contribution is 2.26. The van der Waals surface area contributed by atoms with E-state index in [4.69, 9.17) is 10.5 Å². The van der Waals surface area contributed by atoms with Crippen molar-refractivity contribution >= 4 is 49.8 Å². The third-order valence-corrected chi connectivity index (χ3v) is 4.14. The number of benzene rings is 1. The van der Waals surface area contributed by atoms with Gasteiger partial charge in [0.2, 0.25) is 0 Å². The fourth-order valence-corrected chi connectivity index (χ4v) is 2.86. The summed E-state index contributed by atoms with van der Waals surface area (Å²) >= 11 is 4.56. The number of rotatable bonds is 4. The number of nitrogen functional groups attached to an aromatic ring is 1. The number of thiophene rings is 1. The van der Waals surface area contributed by atoms with Gasteiger partial charge in [0.15, 0.2) is 0 Å². The number of carbonyl (C=O) groups is 2. The summed E-state index contributed by atoms with van der Waals surface area (Å²) in [6, 6.07) is 6.57. The number of amides is 1. The van der Waals surface area contributed by atoms with Gasteiger partial charge in [-0.3, -0.25) is 4.79 Å². The Morgan fingerprint density at radius 1 is 1.33 bits per heavy atom. The van der Waals surface area contributed by atoms with Gasteiger partial charge < -0.3 is 15.8 Å². The quantitative estimate of drug-likeness (QED) is 0.638. The van der Waals surface area contributed by atoms with Crippen LogP contribution in [0, 0.1) is 0 Å². The summed E-state index contributed by atoms with van der Waals surface area (Å²) in [7, 11) is 0. The second-order valence-electron chi connectivity index (χ2n) is 4.08. The van der Waals surface area contributed by atoms with E-state index in [-0.39, 0.29) is 12.5 Å². The lowest BCUT2D eigenvalue weighted by molar-refractivity contribution is 0.0528. The molecule has 2 rings (SSSR count). The Kier molecular flexibility index (Phi) is 4.98. The van der Waals surface area contributed by atoms with E-state index in [0.29, 0.717) is 26.3 Å². The Hall–Kier alpha value is -1.86. The normalized spacial score (nSPS) is 10.2. The minimum atomic E-state index is -0.458. The topological polar surface area (TPSA) is 81.4 Å². The molecule has 1 aromatic heterocycles. The van der Waals surface area contributed by atoms with E-state index in [0.717, 1.165) is 0 Å². The van der Waals surface area contributed by atoms with Crippen LogP contribution in [0.4, 0.5) is 10.7 Å². The van der Waals surface area contributed by atoms with E-state index >= 15 is 0 Å². The lowest BCUT2D eigenvalue weighted by Crippen LogP contribution is -2.15. The van der Waals surface area contributed by atoms with Gasteiger partial charge in [-0.2, -0.15) is 0 Å². The fourth-order valence-electron chi connectivity index (χ4n) is 1.66. The predicted octanol–water partition coefficient (Wildman–Crippen LogP) is 3.52. The van der Waals surface area contributed by atoms with Gasteiger partial charge in [-0.25, -0.2) is 4.79 Å². The maximum absolute atomic E-state index is 12.3. The number of esters is 1. The van der Waals surface area contributed by atoms with Gasteiger partial charge in [-0.15, -0.1) is 11.3 Å². The summed E-state index contributed by atoms with van der Waals surface area (Å²) < 4.78 is 5.57. The lowest BCUT2D eigenvalue weighted by atomic mass is 10.2. The first-order valence-electron chi connectivity index (χ1n) is 6.14. The third-order valence-electron chi connectivity index (χ3n) is 2.62. The molecule has 1 aromatic carbocycles. The number of anilines is 2. The highest BCUT2D eigenvalue weighted by molar-refractivity contribution is 9.10. The molecule has 7 heteroatoms. The number of nitrogens with one attached hydrogen (secondary N) is 1. The molecule has 0 saturated heterocycles. The zero-order chi connectivity index (χ0) is 15.4. The van der Waals surface area contributed by atoms with Gasteiger partial charge in [0.25, 0.3) is 5.91 Å². The first-order chi connectivity index (χ1) is 10.0. The third kappa shape index (κ3) is 3.62. The summed E-state index contributed by atoms with van der Waals surface area (Å²) in [5.41, 5.74) is 6.91. The first kappa shape index (κ1) is 15.5. The Balaban J connectivity index is 2.22. The average molecular weight is 369 g/mol. The van der Waals surface area contributed by atoms with Gasteiger partial charge in [0.1, 0.15) is 5.00 Å². The summed E-state index contributed by atoms with van der Waals surface area (Å²) in [5.74, 6) is -0.803. The van der Waals surface area contributed by atoms with Crippen LogP contribution in [0.3, 0.4) is 0 Å². The monoisotopic (exact) mass is 368 g/mol. The Labute approximate surface area is 134 Å². The van der Waals surface area contributed by atoms with Crippen molar-refractivity contribution in [3.63, 3.8) is 0 Å². The van der Waals surface area contributed by atoms with Crippen LogP contribution in [0.25, 0.3) is 0 Å². The number of carbonyl (C=O) groups excluding carboxylic acids is 2. The van der Waals surface area contributed by atoms with E-state index < -0.39 is 5.97 Å². The van der Waals surface area contributed by atoms with Crippen molar-refractivity contribution < 1.29 is 14.3 Å². The van der Waals surface area contributed by atoms with E-state index in [1.54, 1.807) is 36.6 Å². The second kappa shape index (κ2) is 6.73. The molecule has 0 aliphatic heterocycles. The molecule has 0 atom stereocenters. The molecule has 0 radical (unpaired) electrons. The molecule has 0 unspecified atom stereocenters. The van der Waals surface area contributed by atoms with Crippen molar-refractivity contribution in [3.8, 4) is 0 Å². The highest BCUT2D eigenvalue weighted by Gasteiger charge is 2.18. The molecular weight excluding hydrogens is 356 g/mol. The minimum Gasteiger partial charge on any atom is -0.462 e. The molecule has 1 heterocycles. The average Bonchev–Trinajstić information content (AvgIpc) is 2.90. The van der Waals surface area contributed by atoms with Gasteiger partial charge in [0, 0.05) is 10.2 Å². The molecule has 0 saturated carbocycles. The maximum Gasteiger partial charge on any atom is 0.341 e. The van der Waals surface area contributed by atoms with Gasteiger partial charge in [-0.05, 0) is 52.5 Å². The Bertz CT molecular complexity index is 685. The number of ether oxygens (including phenoxy) is 1. The summed E-state index contributed by atoms with van der Waals surface area (Å²) in [5, 5.41) is 4.88. The zero-order valence-corrected chi connectivity index (χ0v) is 13.6. The van der Waals surface area contributed by atoms with Crippen LogP contribution in [0.5, 0.6) is 0 Å². The zero-order valence-electron chi connectivity index (χ0n) is 11.2. The van der Waals surface area contributed by atoms with Crippen molar-refractivity contribution in [3.05, 3.63) is 45.2 Å². The molecule has 5 nitrogen and oxygen atoms in total. The SMILES string of the molecule is CCOC(=O)c1ccsc1NC(=O)c1cc(N)ccc1Br. The van der Waals surface area contributed by atoms with E-state index in [1.807, 2.05) is 0 Å². The van der Waals surface area contributed by atoms with Crippen molar-refractivity contribution in [2.75, 3.05) is 17.7 Å². The standard InChI is InChI=1S/C14H13BrN2O3S/c1-2-20-14(19)9-5-6-21-13(9)17-12(18)10-7-8(16)3-4-11(10)15/h3-7H,2,16H2,1H3,(H,17,18). The largest absolute Gasteiger partial charge is 0.462 e. The Morgan fingerprint density at radius 2 is 2.10 bits per heavy atom. The molecule has 0 fully saturated rings. The van der Waals surface area contributed by atoms with Crippen LogP contribution >= 0.6 is 27.3 Å². The minimum absolute atomic E-state index is 0.281. The summed E-state index contributed by atoms with van der Waals surface area (Å²) in [6.45, 7) is 2.01. The molecule has 0 aliphatic rings. The summed E-state index contributed by atoms with van der Waals surface area (Å²) in [6.07, 6.45) is 0. The van der Waals surface area contributed by atoms with Crippen LogP contribution in [0.15, 0.2) is 34.1 Å². The molecule has 3 N–H and O–H groups in total. The molecule has 1 amide bonds. The van der Waals surface area contributed by atoms with Gasteiger partial charge in [0.05, 0.1) is 17.7 Å². The molecular formula is C14H13BrN2O3S. The lowest BCUT2D eigenvalue weighted by Gasteiger charge is -2.08. The highest BCUT2D eigenvalue weighted by atomic mass is 79.9. The molecule has 0 spiro atoms. The molecule has 0 bridgehead atoms. The molecule has 0 aliphatic carbocycles. The fraction of sp³-hybridized carbons (Fsp3) is 0.143. The molecule has 110 valence electrons. The number of hydrogen-bond donors (Lipinski definition) is 2. The second-order valence-corrected chi connectivity index (χ2v) is 5.85. The van der Waals surface area contributed by atoms with Crippen LogP contribution in [0.2, 0.25) is 0 Å². The molecule has 2 aromatic rings. The number of nitrogens with two attached hydrogens (primary N) is 1. The van der Waals surface area contributed by atoms with Gasteiger partial charge >= 0.3 is 5.97 Å². The van der Waals surface area contributed by atoms with E-state index in [1.165, 1.54) is 11.3 Å². The van der Waals surface area contributed by atoms with Gasteiger partial charge in [-0.1, -0.05) is 0 Å². The maximum atomic E-state index is 12.3. The van der Waals surface area contributed by atoms with Crippen LogP contribution in [-0.4, -0.2) is 18.5 Å². The van der Waals surface area contributed by atoms with Crippen molar-refractivity contribution in [2.45, 2.75) is 6.92 Å². The predicted molar refractivity (Wildman–Crippen MR) is 86.8 cm³/mol. The van der Waals surface area contributed by atoms with Crippen molar-refractivity contribution in [2.24, 2.45) is 0 Å². The number of hydrogen-bond acceptors (Lipinski definition) is 5. The first-order valence-corrected chi connectivity index (χ1v) is 7.81. The van der Waals surface area contributed by atoms with Crippen LogP contribution in [-0.2, 0) is 4.74 Å². The van der Waals surface area contributed by atoms with Crippen molar-refractivity contribution in [1.29, 1.82) is 0 Å². The smallest absolute Gasteiger partial charge is 0.341 e. The van der Waals surface area contributed by atoms with Crippen LogP contribution < -0.4 is 11.1 Å².